The standard InChI is InChI=1S/C10H15ClF3NO/c1-9(2)5-7(9)8(16)15(4-3-11)6-10(12,13)14/h7H,3-6H2,1-2H3. The van der Waals surface area contributed by atoms with Gasteiger partial charge in [-0.25, -0.2) is 0 Å². The fourth-order valence-electron chi connectivity index (χ4n) is 1.69. The van der Waals surface area contributed by atoms with Crippen molar-refractivity contribution in [2.45, 2.75) is 26.4 Å². The number of hydrogen-bond donors (Lipinski definition) is 0. The molecular formula is C10H15ClF3NO. The van der Waals surface area contributed by atoms with Crippen molar-refractivity contribution < 1.29 is 18.0 Å². The van der Waals surface area contributed by atoms with E-state index in [-0.39, 0.29) is 23.8 Å². The zero-order valence-electron chi connectivity index (χ0n) is 9.27. The molecule has 0 N–H and O–H groups in total. The summed E-state index contributed by atoms with van der Waals surface area (Å²) < 4.78 is 36.7. The van der Waals surface area contributed by atoms with E-state index in [1.54, 1.807) is 0 Å². The van der Waals surface area contributed by atoms with Crippen LogP contribution in [-0.4, -0.2) is 36.0 Å². The lowest BCUT2D eigenvalue weighted by Crippen LogP contribution is -2.41. The Bertz CT molecular complexity index is 278. The zero-order valence-corrected chi connectivity index (χ0v) is 10.0. The normalized spacial score (nSPS) is 23.0. The molecule has 1 rings (SSSR count). The second-order valence-corrected chi connectivity index (χ2v) is 5.19. The Balaban J connectivity index is 2.60. The SMILES string of the molecule is CC1(C)CC1C(=O)N(CCCl)CC(F)(F)F. The summed E-state index contributed by atoms with van der Waals surface area (Å²) in [4.78, 5) is 12.6. The number of carbonyl (C=O) groups excluding carboxylic acids is 1. The molecule has 0 radical (unpaired) electrons. The molecule has 0 aromatic rings. The molecule has 1 unspecified atom stereocenters. The van der Waals surface area contributed by atoms with Crippen LogP contribution in [0.5, 0.6) is 0 Å². The third-order valence-corrected chi connectivity index (χ3v) is 3.02. The first-order valence-electron chi connectivity index (χ1n) is 5.09. The Hall–Kier alpha value is -0.450. The van der Waals surface area contributed by atoms with Gasteiger partial charge in [-0.15, -0.1) is 11.6 Å². The van der Waals surface area contributed by atoms with Crippen LogP contribution >= 0.6 is 11.6 Å². The van der Waals surface area contributed by atoms with Crippen LogP contribution in [0.25, 0.3) is 0 Å². The van der Waals surface area contributed by atoms with Gasteiger partial charge in [0.05, 0.1) is 0 Å². The number of amides is 1. The Kier molecular flexibility index (Phi) is 3.77. The molecule has 0 bridgehead atoms. The minimum absolute atomic E-state index is 0.0228. The number of rotatable bonds is 4. The quantitative estimate of drug-likeness (QED) is 0.709. The van der Waals surface area contributed by atoms with Crippen molar-refractivity contribution in [3.63, 3.8) is 0 Å². The van der Waals surface area contributed by atoms with Gasteiger partial charge in [0.1, 0.15) is 6.54 Å². The van der Waals surface area contributed by atoms with E-state index in [0.717, 1.165) is 4.90 Å². The lowest BCUT2D eigenvalue weighted by atomic mass is 10.1. The maximum Gasteiger partial charge on any atom is 0.406 e. The second kappa shape index (κ2) is 4.43. The molecule has 1 saturated carbocycles. The molecule has 0 saturated heterocycles. The van der Waals surface area contributed by atoms with Crippen molar-refractivity contribution in [3.05, 3.63) is 0 Å². The summed E-state index contributed by atoms with van der Waals surface area (Å²) in [6, 6.07) is 0. The number of alkyl halides is 4. The van der Waals surface area contributed by atoms with Crippen LogP contribution in [0.3, 0.4) is 0 Å². The Morgan fingerprint density at radius 1 is 1.50 bits per heavy atom. The van der Waals surface area contributed by atoms with Gasteiger partial charge in [0.2, 0.25) is 5.91 Å². The Labute approximate surface area is 97.7 Å². The lowest BCUT2D eigenvalue weighted by Gasteiger charge is -2.23. The molecule has 0 aliphatic heterocycles. The van der Waals surface area contributed by atoms with Gasteiger partial charge in [0.15, 0.2) is 0 Å². The predicted octanol–water partition coefficient (Wildman–Crippen LogP) is 2.66. The summed E-state index contributed by atoms with van der Waals surface area (Å²) in [5.41, 5.74) is -0.159. The molecule has 0 aromatic carbocycles. The lowest BCUT2D eigenvalue weighted by molar-refractivity contribution is -0.161. The van der Waals surface area contributed by atoms with Crippen LogP contribution in [0.1, 0.15) is 20.3 Å². The van der Waals surface area contributed by atoms with E-state index >= 15 is 0 Å². The predicted molar refractivity (Wildman–Crippen MR) is 55.2 cm³/mol. The van der Waals surface area contributed by atoms with Crippen molar-refractivity contribution in [1.29, 1.82) is 0 Å². The summed E-state index contributed by atoms with van der Waals surface area (Å²) in [5.74, 6) is -0.685. The highest BCUT2D eigenvalue weighted by Crippen LogP contribution is 2.52. The molecular weight excluding hydrogens is 243 g/mol. The van der Waals surface area contributed by atoms with Crippen molar-refractivity contribution in [3.8, 4) is 0 Å². The number of nitrogens with zero attached hydrogens (tertiary/aromatic N) is 1. The monoisotopic (exact) mass is 257 g/mol. The zero-order chi connectivity index (χ0) is 12.6. The molecule has 0 spiro atoms. The molecule has 1 atom stereocenters. The topological polar surface area (TPSA) is 20.3 Å². The van der Waals surface area contributed by atoms with Gasteiger partial charge >= 0.3 is 6.18 Å². The minimum atomic E-state index is -4.36. The molecule has 16 heavy (non-hydrogen) atoms. The third kappa shape index (κ3) is 3.54. The van der Waals surface area contributed by atoms with Crippen LogP contribution < -0.4 is 0 Å². The van der Waals surface area contributed by atoms with Gasteiger partial charge in [-0.2, -0.15) is 13.2 Å². The van der Waals surface area contributed by atoms with Gasteiger partial charge in [-0.05, 0) is 11.8 Å². The van der Waals surface area contributed by atoms with Crippen LogP contribution in [0.15, 0.2) is 0 Å². The highest BCUT2D eigenvalue weighted by molar-refractivity contribution is 6.18. The molecule has 1 aliphatic carbocycles. The van der Waals surface area contributed by atoms with E-state index < -0.39 is 18.6 Å². The van der Waals surface area contributed by atoms with E-state index in [1.165, 1.54) is 0 Å². The van der Waals surface area contributed by atoms with Gasteiger partial charge in [-0.3, -0.25) is 4.79 Å². The van der Waals surface area contributed by atoms with Crippen LogP contribution in [0, 0.1) is 11.3 Å². The van der Waals surface area contributed by atoms with E-state index in [2.05, 4.69) is 0 Å². The van der Waals surface area contributed by atoms with E-state index in [4.69, 9.17) is 11.6 Å². The van der Waals surface area contributed by atoms with Crippen LogP contribution in [0.4, 0.5) is 13.2 Å². The summed E-state index contributed by atoms with van der Waals surface area (Å²) in [7, 11) is 0. The smallest absolute Gasteiger partial charge is 0.332 e. The first-order chi connectivity index (χ1) is 7.17. The van der Waals surface area contributed by atoms with Crippen LogP contribution in [-0.2, 0) is 4.79 Å². The van der Waals surface area contributed by atoms with Gasteiger partial charge < -0.3 is 4.90 Å². The largest absolute Gasteiger partial charge is 0.406 e. The summed E-state index contributed by atoms with van der Waals surface area (Å²) >= 11 is 5.40. The molecule has 1 amide bonds. The summed E-state index contributed by atoms with van der Waals surface area (Å²) in [6.07, 6.45) is -3.71. The van der Waals surface area contributed by atoms with Crippen LogP contribution in [0.2, 0.25) is 0 Å². The molecule has 94 valence electrons. The number of carbonyl (C=O) groups is 1. The fourth-order valence-corrected chi connectivity index (χ4v) is 1.90. The Morgan fingerprint density at radius 2 is 2.00 bits per heavy atom. The number of halogens is 4. The molecule has 2 nitrogen and oxygen atoms in total. The third-order valence-electron chi connectivity index (χ3n) is 2.85. The van der Waals surface area contributed by atoms with Crippen molar-refractivity contribution in [1.82, 2.24) is 4.90 Å². The molecule has 1 fully saturated rings. The highest BCUT2D eigenvalue weighted by Gasteiger charge is 2.52. The van der Waals surface area contributed by atoms with Gasteiger partial charge in [0.25, 0.3) is 0 Å². The van der Waals surface area contributed by atoms with Gasteiger partial charge in [0, 0.05) is 18.3 Å². The van der Waals surface area contributed by atoms with E-state index in [9.17, 15) is 18.0 Å². The molecule has 0 aromatic heterocycles. The Morgan fingerprint density at radius 3 is 2.31 bits per heavy atom. The average molecular weight is 258 g/mol. The summed E-state index contributed by atoms with van der Waals surface area (Å²) in [6.45, 7) is 2.50. The minimum Gasteiger partial charge on any atom is -0.332 e. The molecule has 6 heteroatoms. The molecule has 1 aliphatic rings. The second-order valence-electron chi connectivity index (χ2n) is 4.81. The average Bonchev–Trinajstić information content (AvgIpc) is 2.71. The maximum absolute atomic E-state index is 12.2. The van der Waals surface area contributed by atoms with Crippen molar-refractivity contribution >= 4 is 17.5 Å². The van der Waals surface area contributed by atoms with E-state index in [0.29, 0.717) is 6.42 Å². The first kappa shape index (κ1) is 13.6. The fraction of sp³-hybridized carbons (Fsp3) is 0.900. The van der Waals surface area contributed by atoms with Crippen molar-refractivity contribution in [2.75, 3.05) is 19.0 Å². The van der Waals surface area contributed by atoms with Gasteiger partial charge in [-0.1, -0.05) is 13.8 Å². The maximum atomic E-state index is 12.2. The number of hydrogen-bond acceptors (Lipinski definition) is 1. The van der Waals surface area contributed by atoms with E-state index in [1.807, 2.05) is 13.8 Å². The first-order valence-corrected chi connectivity index (χ1v) is 5.62. The highest BCUT2D eigenvalue weighted by atomic mass is 35.5. The molecule has 0 heterocycles. The summed E-state index contributed by atoms with van der Waals surface area (Å²) in [5, 5.41) is 0. The van der Waals surface area contributed by atoms with Crippen molar-refractivity contribution in [2.24, 2.45) is 11.3 Å².